The first-order valence-electron chi connectivity index (χ1n) is 8.01. The normalized spacial score (nSPS) is 10.8. The number of nitrogens with one attached hydrogen (secondary N) is 2. The van der Waals surface area contributed by atoms with Crippen LogP contribution in [0.2, 0.25) is 0 Å². The van der Waals surface area contributed by atoms with E-state index < -0.39 is 0 Å². The molecule has 0 radical (unpaired) electrons. The van der Waals surface area contributed by atoms with Crippen molar-refractivity contribution in [3.63, 3.8) is 0 Å². The van der Waals surface area contributed by atoms with Gasteiger partial charge in [-0.3, -0.25) is 9.59 Å². The molecule has 3 rings (SSSR count). The maximum absolute atomic E-state index is 12.7. The summed E-state index contributed by atoms with van der Waals surface area (Å²) in [6, 6.07) is 7.19. The maximum atomic E-state index is 12.7. The minimum Gasteiger partial charge on any atom is -0.495 e. The summed E-state index contributed by atoms with van der Waals surface area (Å²) in [6.45, 7) is 3.79. The first kappa shape index (κ1) is 17.2. The fourth-order valence-corrected chi connectivity index (χ4v) is 3.78. The van der Waals surface area contributed by atoms with Crippen molar-refractivity contribution in [1.82, 2.24) is 9.97 Å². The lowest BCUT2D eigenvalue weighted by Crippen LogP contribution is -2.13. The van der Waals surface area contributed by atoms with E-state index in [2.05, 4.69) is 15.3 Å². The van der Waals surface area contributed by atoms with E-state index in [0.717, 1.165) is 6.42 Å². The van der Waals surface area contributed by atoms with E-state index in [0.29, 0.717) is 44.3 Å². The number of methoxy groups -OCH3 is 1. The molecule has 3 aromatic rings. The molecule has 1 amide bonds. The van der Waals surface area contributed by atoms with Gasteiger partial charge in [-0.05, 0) is 31.0 Å². The highest BCUT2D eigenvalue weighted by molar-refractivity contribution is 7.20. The maximum Gasteiger partial charge on any atom is 0.266 e. The molecule has 7 heteroatoms. The second-order valence-electron chi connectivity index (χ2n) is 5.65. The molecule has 0 saturated carbocycles. The Morgan fingerprint density at radius 2 is 2.12 bits per heavy atom. The minimum atomic E-state index is -0.276. The lowest BCUT2D eigenvalue weighted by atomic mass is 10.2. The summed E-state index contributed by atoms with van der Waals surface area (Å²) in [7, 11) is 1.55. The van der Waals surface area contributed by atoms with Gasteiger partial charge in [0.05, 0.1) is 23.1 Å². The van der Waals surface area contributed by atoms with Gasteiger partial charge in [0.1, 0.15) is 16.4 Å². The van der Waals surface area contributed by atoms with E-state index in [1.54, 1.807) is 26.2 Å². The van der Waals surface area contributed by atoms with Crippen LogP contribution in [0.4, 0.5) is 5.69 Å². The standard InChI is InChI=1S/C18H19N3O3S/c1-4-7-13-20-16(22)14-10(2)15(25-18(14)21-13)17(23)19-11-8-5-6-9-12(11)24-3/h5-6,8-9H,4,7H2,1-3H3,(H,19,23)(H,20,21,22). The van der Waals surface area contributed by atoms with Gasteiger partial charge in [-0.25, -0.2) is 4.98 Å². The predicted octanol–water partition coefficient (Wildman–Crippen LogP) is 3.51. The summed E-state index contributed by atoms with van der Waals surface area (Å²) in [5.74, 6) is 0.954. The number of thiophene rings is 1. The molecule has 0 aliphatic carbocycles. The number of anilines is 1. The highest BCUT2D eigenvalue weighted by Crippen LogP contribution is 2.29. The Labute approximate surface area is 148 Å². The number of para-hydroxylation sites is 2. The smallest absolute Gasteiger partial charge is 0.266 e. The van der Waals surface area contributed by atoms with E-state index in [4.69, 9.17) is 4.74 Å². The highest BCUT2D eigenvalue weighted by Gasteiger charge is 2.20. The van der Waals surface area contributed by atoms with Gasteiger partial charge in [-0.15, -0.1) is 11.3 Å². The van der Waals surface area contributed by atoms with Crippen molar-refractivity contribution in [1.29, 1.82) is 0 Å². The van der Waals surface area contributed by atoms with Gasteiger partial charge in [-0.2, -0.15) is 0 Å². The molecule has 0 saturated heterocycles. The number of amides is 1. The second-order valence-corrected chi connectivity index (χ2v) is 6.65. The van der Waals surface area contributed by atoms with E-state index in [-0.39, 0.29) is 11.5 Å². The van der Waals surface area contributed by atoms with E-state index >= 15 is 0 Å². The Morgan fingerprint density at radius 1 is 1.36 bits per heavy atom. The molecule has 0 bridgehead atoms. The monoisotopic (exact) mass is 357 g/mol. The van der Waals surface area contributed by atoms with Crippen LogP contribution in [0.1, 0.15) is 34.4 Å². The number of aromatic amines is 1. The largest absolute Gasteiger partial charge is 0.495 e. The van der Waals surface area contributed by atoms with Crippen molar-refractivity contribution in [3.8, 4) is 5.75 Å². The van der Waals surface area contributed by atoms with Crippen LogP contribution in [0.25, 0.3) is 10.2 Å². The summed E-state index contributed by atoms with van der Waals surface area (Å²) < 4.78 is 5.25. The zero-order chi connectivity index (χ0) is 18.0. The molecule has 0 spiro atoms. The van der Waals surface area contributed by atoms with Crippen LogP contribution in [-0.2, 0) is 6.42 Å². The van der Waals surface area contributed by atoms with Crippen LogP contribution in [0.5, 0.6) is 5.75 Å². The van der Waals surface area contributed by atoms with Crippen LogP contribution in [-0.4, -0.2) is 23.0 Å². The number of hydrogen-bond acceptors (Lipinski definition) is 5. The topological polar surface area (TPSA) is 84.1 Å². The fraction of sp³-hybridized carbons (Fsp3) is 0.278. The van der Waals surface area contributed by atoms with Crippen molar-refractivity contribution < 1.29 is 9.53 Å². The Balaban J connectivity index is 2.00. The lowest BCUT2D eigenvalue weighted by Gasteiger charge is -2.09. The Hall–Kier alpha value is -2.67. The number of fused-ring (bicyclic) bond motifs is 1. The number of aromatic nitrogens is 2. The molecule has 6 nitrogen and oxygen atoms in total. The van der Waals surface area contributed by atoms with Gasteiger partial charge in [0.25, 0.3) is 11.5 Å². The number of carbonyl (C=O) groups is 1. The number of rotatable bonds is 5. The van der Waals surface area contributed by atoms with Gasteiger partial charge in [0, 0.05) is 6.42 Å². The van der Waals surface area contributed by atoms with Gasteiger partial charge in [0.15, 0.2) is 0 Å². The SMILES string of the molecule is CCCc1nc2sc(C(=O)Nc3ccccc3OC)c(C)c2c(=O)[nH]1. The van der Waals surface area contributed by atoms with E-state index in [1.165, 1.54) is 11.3 Å². The molecule has 2 heterocycles. The predicted molar refractivity (Wildman–Crippen MR) is 99.9 cm³/mol. The highest BCUT2D eigenvalue weighted by atomic mass is 32.1. The third-order valence-corrected chi connectivity index (χ3v) is 5.08. The molecule has 130 valence electrons. The molecule has 0 atom stereocenters. The van der Waals surface area contributed by atoms with Crippen molar-refractivity contribution in [2.75, 3.05) is 12.4 Å². The van der Waals surface area contributed by atoms with Crippen molar-refractivity contribution in [2.24, 2.45) is 0 Å². The summed E-state index contributed by atoms with van der Waals surface area (Å²) >= 11 is 1.23. The van der Waals surface area contributed by atoms with Crippen molar-refractivity contribution in [3.05, 3.63) is 50.9 Å². The Kier molecular flexibility index (Phi) is 4.85. The average molecular weight is 357 g/mol. The number of H-pyrrole nitrogens is 1. The molecule has 0 aliphatic heterocycles. The Bertz CT molecular complexity index is 991. The lowest BCUT2D eigenvalue weighted by molar-refractivity contribution is 0.102. The first-order chi connectivity index (χ1) is 12.0. The quantitative estimate of drug-likeness (QED) is 0.732. The van der Waals surface area contributed by atoms with Crippen LogP contribution >= 0.6 is 11.3 Å². The first-order valence-corrected chi connectivity index (χ1v) is 8.83. The summed E-state index contributed by atoms with van der Waals surface area (Å²) in [4.78, 5) is 33.4. The zero-order valence-corrected chi connectivity index (χ0v) is 15.1. The van der Waals surface area contributed by atoms with Crippen molar-refractivity contribution in [2.45, 2.75) is 26.7 Å². The molecule has 0 unspecified atom stereocenters. The Morgan fingerprint density at radius 3 is 2.84 bits per heavy atom. The number of aryl methyl sites for hydroxylation is 2. The van der Waals surface area contributed by atoms with Gasteiger partial charge < -0.3 is 15.0 Å². The number of carbonyl (C=O) groups excluding carboxylic acids is 1. The molecule has 1 aromatic carbocycles. The summed E-state index contributed by atoms with van der Waals surface area (Å²) in [5, 5.41) is 3.33. The van der Waals surface area contributed by atoms with Crippen LogP contribution < -0.4 is 15.6 Å². The van der Waals surface area contributed by atoms with Crippen LogP contribution in [0.3, 0.4) is 0 Å². The van der Waals surface area contributed by atoms with Crippen molar-refractivity contribution >= 4 is 33.1 Å². The third kappa shape index (κ3) is 3.28. The number of benzene rings is 1. The van der Waals surface area contributed by atoms with E-state index in [9.17, 15) is 9.59 Å². The molecule has 2 N–H and O–H groups in total. The molecule has 0 fully saturated rings. The van der Waals surface area contributed by atoms with Crippen LogP contribution in [0, 0.1) is 6.92 Å². The number of nitrogens with zero attached hydrogens (tertiary/aromatic N) is 1. The summed E-state index contributed by atoms with van der Waals surface area (Å²) in [6.07, 6.45) is 1.59. The summed E-state index contributed by atoms with van der Waals surface area (Å²) in [5.41, 5.74) is 1.03. The number of ether oxygens (including phenoxy) is 1. The third-order valence-electron chi connectivity index (χ3n) is 3.90. The zero-order valence-electron chi connectivity index (χ0n) is 14.3. The van der Waals surface area contributed by atoms with E-state index in [1.807, 2.05) is 19.1 Å². The molecule has 0 aliphatic rings. The average Bonchev–Trinajstić information content (AvgIpc) is 2.93. The van der Waals surface area contributed by atoms with Crippen LogP contribution in [0.15, 0.2) is 29.1 Å². The molecule has 25 heavy (non-hydrogen) atoms. The minimum absolute atomic E-state index is 0.196. The second kappa shape index (κ2) is 7.06. The van der Waals surface area contributed by atoms with Gasteiger partial charge in [0.2, 0.25) is 0 Å². The molecule has 2 aromatic heterocycles. The molecular weight excluding hydrogens is 338 g/mol. The van der Waals surface area contributed by atoms with Gasteiger partial charge >= 0.3 is 0 Å². The number of hydrogen-bond donors (Lipinski definition) is 2. The fourth-order valence-electron chi connectivity index (χ4n) is 2.69. The molecular formula is C18H19N3O3S. The van der Waals surface area contributed by atoms with Gasteiger partial charge in [-0.1, -0.05) is 19.1 Å².